The molecule has 0 unspecified atom stereocenters. The summed E-state index contributed by atoms with van der Waals surface area (Å²) >= 11 is 0. The van der Waals surface area contributed by atoms with Crippen molar-refractivity contribution in [3.05, 3.63) is 35.9 Å². The summed E-state index contributed by atoms with van der Waals surface area (Å²) in [5.74, 6) is -0.794. The normalized spacial score (nSPS) is 11.3. The van der Waals surface area contributed by atoms with Crippen molar-refractivity contribution in [3.8, 4) is 5.75 Å². The summed E-state index contributed by atoms with van der Waals surface area (Å²) in [6, 6.07) is 6.39. The summed E-state index contributed by atoms with van der Waals surface area (Å²) in [4.78, 5) is 10.3. The van der Waals surface area contributed by atoms with Gasteiger partial charge in [-0.05, 0) is 30.2 Å². The number of carbonyl (C=O) groups is 1. The van der Waals surface area contributed by atoms with Gasteiger partial charge in [0.2, 0.25) is 0 Å². The number of hydrogen-bond donors (Lipinski definition) is 2. The van der Waals surface area contributed by atoms with E-state index in [9.17, 15) is 4.79 Å². The Hall–Kier alpha value is -1.77. The van der Waals surface area contributed by atoms with E-state index in [4.69, 9.17) is 10.2 Å². The smallest absolute Gasteiger partial charge is 0.328 e. The van der Waals surface area contributed by atoms with Gasteiger partial charge in [-0.2, -0.15) is 0 Å². The SMILES string of the molecule is C/C(=C\C(=O)O)c1ccc(O)cc1. The highest BCUT2D eigenvalue weighted by Gasteiger charge is 1.97. The molecule has 0 aliphatic heterocycles. The monoisotopic (exact) mass is 178 g/mol. The molecular weight excluding hydrogens is 168 g/mol. The Bertz CT molecular complexity index is 336. The Morgan fingerprint density at radius 1 is 1.31 bits per heavy atom. The average Bonchev–Trinajstić information content (AvgIpc) is 2.04. The number of phenols is 1. The van der Waals surface area contributed by atoms with E-state index >= 15 is 0 Å². The molecular formula is C10H10O3. The lowest BCUT2D eigenvalue weighted by atomic mass is 10.1. The van der Waals surface area contributed by atoms with E-state index in [2.05, 4.69) is 0 Å². The van der Waals surface area contributed by atoms with Crippen molar-refractivity contribution in [3.63, 3.8) is 0 Å². The molecule has 0 saturated heterocycles. The lowest BCUT2D eigenvalue weighted by Crippen LogP contribution is -1.89. The first-order chi connectivity index (χ1) is 6.09. The predicted molar refractivity (Wildman–Crippen MR) is 49.4 cm³/mol. The van der Waals surface area contributed by atoms with Crippen molar-refractivity contribution >= 4 is 11.5 Å². The second-order valence-corrected chi connectivity index (χ2v) is 2.71. The fourth-order valence-corrected chi connectivity index (χ4v) is 0.993. The highest BCUT2D eigenvalue weighted by atomic mass is 16.4. The van der Waals surface area contributed by atoms with Crippen molar-refractivity contribution in [2.45, 2.75) is 6.92 Å². The van der Waals surface area contributed by atoms with Crippen LogP contribution in [0.1, 0.15) is 12.5 Å². The van der Waals surface area contributed by atoms with Crippen molar-refractivity contribution in [2.24, 2.45) is 0 Å². The molecule has 0 amide bonds. The fourth-order valence-electron chi connectivity index (χ4n) is 0.993. The van der Waals surface area contributed by atoms with Crippen LogP contribution in [0.2, 0.25) is 0 Å². The van der Waals surface area contributed by atoms with Gasteiger partial charge in [0.25, 0.3) is 0 Å². The van der Waals surface area contributed by atoms with Crippen molar-refractivity contribution in [1.82, 2.24) is 0 Å². The lowest BCUT2D eigenvalue weighted by molar-refractivity contribution is -0.131. The maximum atomic E-state index is 10.3. The number of hydrogen-bond acceptors (Lipinski definition) is 2. The molecule has 3 heteroatoms. The molecule has 13 heavy (non-hydrogen) atoms. The molecule has 0 fully saturated rings. The summed E-state index contributed by atoms with van der Waals surface area (Å²) in [5.41, 5.74) is 1.45. The molecule has 68 valence electrons. The zero-order valence-corrected chi connectivity index (χ0v) is 7.19. The molecule has 3 nitrogen and oxygen atoms in total. The first-order valence-corrected chi connectivity index (χ1v) is 3.80. The number of allylic oxidation sites excluding steroid dienone is 1. The molecule has 2 N–H and O–H groups in total. The first-order valence-electron chi connectivity index (χ1n) is 3.80. The van der Waals surface area contributed by atoms with Gasteiger partial charge in [-0.1, -0.05) is 12.1 Å². The van der Waals surface area contributed by atoms with Gasteiger partial charge in [-0.15, -0.1) is 0 Å². The van der Waals surface area contributed by atoms with Gasteiger partial charge >= 0.3 is 5.97 Å². The number of carboxylic acid groups (broad SMARTS) is 1. The van der Waals surface area contributed by atoms with E-state index in [1.54, 1.807) is 19.1 Å². The summed E-state index contributed by atoms with van der Waals surface area (Å²) in [6.45, 7) is 1.71. The minimum absolute atomic E-state index is 0.173. The number of aliphatic carboxylic acids is 1. The van der Waals surface area contributed by atoms with Crippen LogP contribution in [0.3, 0.4) is 0 Å². The van der Waals surface area contributed by atoms with Gasteiger partial charge < -0.3 is 10.2 Å². The quantitative estimate of drug-likeness (QED) is 0.680. The van der Waals surface area contributed by atoms with E-state index < -0.39 is 5.97 Å². The van der Waals surface area contributed by atoms with Gasteiger partial charge in [0.15, 0.2) is 0 Å². The van der Waals surface area contributed by atoms with Crippen LogP contribution in [0, 0.1) is 0 Å². The number of rotatable bonds is 2. The van der Waals surface area contributed by atoms with Crippen LogP contribution in [0.15, 0.2) is 30.3 Å². The van der Waals surface area contributed by atoms with Crippen LogP contribution in [0.4, 0.5) is 0 Å². The molecule has 0 heterocycles. The minimum atomic E-state index is -0.967. The molecule has 0 radical (unpaired) electrons. The van der Waals surface area contributed by atoms with Gasteiger partial charge in [0, 0.05) is 6.08 Å². The molecule has 0 saturated carbocycles. The lowest BCUT2D eigenvalue weighted by Gasteiger charge is -1.99. The largest absolute Gasteiger partial charge is 0.508 e. The molecule has 1 aromatic rings. The topological polar surface area (TPSA) is 57.5 Å². The second kappa shape index (κ2) is 3.76. The van der Waals surface area contributed by atoms with Crippen molar-refractivity contribution < 1.29 is 15.0 Å². The highest BCUT2D eigenvalue weighted by Crippen LogP contribution is 2.16. The third-order valence-electron chi connectivity index (χ3n) is 1.66. The maximum Gasteiger partial charge on any atom is 0.328 e. The van der Waals surface area contributed by atoms with Crippen LogP contribution < -0.4 is 0 Å². The summed E-state index contributed by atoms with van der Waals surface area (Å²) in [5, 5.41) is 17.5. The summed E-state index contributed by atoms with van der Waals surface area (Å²) in [7, 11) is 0. The molecule has 0 aliphatic carbocycles. The van der Waals surface area contributed by atoms with E-state index in [0.717, 1.165) is 11.6 Å². The predicted octanol–water partition coefficient (Wildman–Crippen LogP) is 1.88. The van der Waals surface area contributed by atoms with Crippen molar-refractivity contribution in [2.75, 3.05) is 0 Å². The number of carboxylic acids is 1. The van der Waals surface area contributed by atoms with Gasteiger partial charge in [-0.25, -0.2) is 4.79 Å². The van der Waals surface area contributed by atoms with E-state index in [0.29, 0.717) is 5.57 Å². The average molecular weight is 178 g/mol. The van der Waals surface area contributed by atoms with Crippen LogP contribution in [-0.4, -0.2) is 16.2 Å². The number of phenolic OH excluding ortho intramolecular Hbond substituents is 1. The maximum absolute atomic E-state index is 10.3. The Kier molecular flexibility index (Phi) is 2.69. The molecule has 0 aliphatic rings. The summed E-state index contributed by atoms with van der Waals surface area (Å²) < 4.78 is 0. The second-order valence-electron chi connectivity index (χ2n) is 2.71. The number of aromatic hydroxyl groups is 1. The van der Waals surface area contributed by atoms with E-state index in [1.165, 1.54) is 12.1 Å². The molecule has 1 rings (SSSR count). The molecule has 0 bridgehead atoms. The van der Waals surface area contributed by atoms with Gasteiger partial charge in [0.05, 0.1) is 0 Å². The van der Waals surface area contributed by atoms with E-state index in [-0.39, 0.29) is 5.75 Å². The zero-order chi connectivity index (χ0) is 9.84. The highest BCUT2D eigenvalue weighted by molar-refractivity contribution is 5.89. The summed E-state index contributed by atoms with van der Waals surface area (Å²) in [6.07, 6.45) is 1.13. The third-order valence-corrected chi connectivity index (χ3v) is 1.66. The Balaban J connectivity index is 2.96. The Morgan fingerprint density at radius 3 is 2.31 bits per heavy atom. The third kappa shape index (κ3) is 2.63. The van der Waals surface area contributed by atoms with Crippen LogP contribution >= 0.6 is 0 Å². The van der Waals surface area contributed by atoms with Crippen LogP contribution in [0.5, 0.6) is 5.75 Å². The van der Waals surface area contributed by atoms with Crippen molar-refractivity contribution in [1.29, 1.82) is 0 Å². The first kappa shape index (κ1) is 9.32. The van der Waals surface area contributed by atoms with Crippen LogP contribution in [0.25, 0.3) is 5.57 Å². The Labute approximate surface area is 76.0 Å². The van der Waals surface area contributed by atoms with Gasteiger partial charge in [-0.3, -0.25) is 0 Å². The fraction of sp³-hybridized carbons (Fsp3) is 0.100. The van der Waals surface area contributed by atoms with Crippen LogP contribution in [-0.2, 0) is 4.79 Å². The molecule has 1 aromatic carbocycles. The number of benzene rings is 1. The minimum Gasteiger partial charge on any atom is -0.508 e. The molecule has 0 aromatic heterocycles. The Morgan fingerprint density at radius 2 is 1.85 bits per heavy atom. The standard InChI is InChI=1S/C10H10O3/c1-7(6-10(12)13)8-2-4-9(11)5-3-8/h2-6,11H,1H3,(H,12,13)/b7-6+. The van der Waals surface area contributed by atoms with E-state index in [1.807, 2.05) is 0 Å². The zero-order valence-electron chi connectivity index (χ0n) is 7.19. The van der Waals surface area contributed by atoms with Gasteiger partial charge in [0.1, 0.15) is 5.75 Å². The molecule has 0 atom stereocenters. The molecule has 0 spiro atoms.